The molecule has 410 valence electrons. The minimum Gasteiger partial charge on any atom is -0.483 e. The average molecular weight is 1060 g/mol. The quantitative estimate of drug-likeness (QED) is 0.0792. The van der Waals surface area contributed by atoms with Crippen LogP contribution < -0.4 is 11.0 Å². The number of hydrogen-bond acceptors (Lipinski definition) is 10. The number of imidazole rings is 1. The predicted molar refractivity (Wildman–Crippen MR) is 286 cm³/mol. The van der Waals surface area contributed by atoms with E-state index in [-0.39, 0.29) is 42.7 Å². The Morgan fingerprint density at radius 2 is 1.53 bits per heavy atom. The van der Waals surface area contributed by atoms with Crippen LogP contribution in [0.25, 0.3) is 22.3 Å². The van der Waals surface area contributed by atoms with Crippen LogP contribution in [0.5, 0.6) is 0 Å². The topological polar surface area (TPSA) is 184 Å². The van der Waals surface area contributed by atoms with Gasteiger partial charge in [0.1, 0.15) is 24.7 Å². The highest BCUT2D eigenvalue weighted by Crippen LogP contribution is 2.35. The van der Waals surface area contributed by atoms with E-state index in [9.17, 15) is 37.1 Å². The van der Waals surface area contributed by atoms with Crippen molar-refractivity contribution < 1.29 is 42.3 Å². The van der Waals surface area contributed by atoms with Gasteiger partial charge in [-0.1, -0.05) is 74.2 Å². The largest absolute Gasteiger partial charge is 0.483 e. The van der Waals surface area contributed by atoms with Crippen LogP contribution in [0, 0.1) is 11.8 Å². The number of likely N-dealkylation sites (tertiary alicyclic amines) is 2. The molecule has 1 atom stereocenters. The predicted octanol–water partition coefficient (Wildman–Crippen LogP) is 8.18. The number of aldehydes is 2. The summed E-state index contributed by atoms with van der Waals surface area (Å²) in [6.07, 6.45) is 13.1. The number of nitrogens with one attached hydrogen (secondary N) is 1. The first-order chi connectivity index (χ1) is 37.1. The number of amides is 2. The van der Waals surface area contributed by atoms with Crippen LogP contribution in [0.1, 0.15) is 115 Å². The number of pyridine rings is 1. The number of carbonyl (C=O) groups excluding carboxylic acids is 4. The van der Waals surface area contributed by atoms with Gasteiger partial charge in [-0.3, -0.25) is 37.9 Å². The SMILES string of the molecule is C1CCC1.CNC(=O)CCC(C=O)N(C)Cc1cc(-c2ccc(CC3CCN(C(=O)CC4CCN(Cc5cc(C(F)(F)F)c6cn(-c7cccc(Cc8nncn8C)c7)c(=O)n6c5)CC4)CC3)cc2)ccc1C=O.O=CO. The van der Waals surface area contributed by atoms with Crippen molar-refractivity contribution in [2.45, 2.75) is 109 Å². The molecule has 19 heteroatoms. The normalized spacial score (nSPS) is 15.6. The molecule has 2 amide bonds. The van der Waals surface area contributed by atoms with Crippen LogP contribution in [0.15, 0.2) is 96.3 Å². The smallest absolute Gasteiger partial charge is 0.418 e. The van der Waals surface area contributed by atoms with Crippen LogP contribution >= 0.6 is 0 Å². The minimum atomic E-state index is -4.68. The molecule has 3 aromatic carbocycles. The van der Waals surface area contributed by atoms with Gasteiger partial charge in [0.05, 0.1) is 22.8 Å². The number of halogens is 3. The molecular weight excluding hydrogens is 992 g/mol. The number of carbonyl (C=O) groups is 5. The molecule has 3 aromatic heterocycles. The Morgan fingerprint density at radius 3 is 2.14 bits per heavy atom. The lowest BCUT2D eigenvalue weighted by atomic mass is 9.88. The van der Waals surface area contributed by atoms with E-state index in [1.54, 1.807) is 42.2 Å². The highest BCUT2D eigenvalue weighted by atomic mass is 19.4. The maximum Gasteiger partial charge on any atom is 0.418 e. The maximum absolute atomic E-state index is 14.5. The number of alkyl halides is 3. The van der Waals surface area contributed by atoms with Gasteiger partial charge in [0.2, 0.25) is 11.8 Å². The third-order valence-corrected chi connectivity index (χ3v) is 15.2. The molecule has 0 spiro atoms. The zero-order valence-electron chi connectivity index (χ0n) is 44.2. The summed E-state index contributed by atoms with van der Waals surface area (Å²) in [6, 6.07) is 21.9. The molecule has 0 bridgehead atoms. The summed E-state index contributed by atoms with van der Waals surface area (Å²) < 4.78 is 47.8. The highest BCUT2D eigenvalue weighted by molar-refractivity contribution is 5.80. The first-order valence-corrected chi connectivity index (χ1v) is 26.5. The second-order valence-corrected chi connectivity index (χ2v) is 20.5. The zero-order valence-corrected chi connectivity index (χ0v) is 44.2. The fraction of sp³-hybridized carbons (Fsp3) is 0.448. The first kappa shape index (κ1) is 57.5. The second-order valence-electron chi connectivity index (χ2n) is 20.5. The highest BCUT2D eigenvalue weighted by Gasteiger charge is 2.35. The summed E-state index contributed by atoms with van der Waals surface area (Å²) >= 11 is 0. The second kappa shape index (κ2) is 27.2. The molecule has 6 aromatic rings. The molecule has 16 nitrogen and oxygen atoms in total. The Morgan fingerprint density at radius 1 is 0.857 bits per heavy atom. The van der Waals surface area contributed by atoms with Crippen molar-refractivity contribution in [3.05, 3.63) is 141 Å². The number of likely N-dealkylation sites (N-methyl/N-ethyl adjacent to an activating group) is 1. The molecule has 5 heterocycles. The number of aryl methyl sites for hydroxylation is 1. The standard InChI is InChI=1S/C53H60F3N9O5.C4H8.CH2O2/c1-57-50(68)14-13-46(34-67)60(2)31-44-28-42(11-12-43(44)33-66)41-9-7-36(8-10-41)23-37-17-21-63(22-18-37)51(69)27-38-15-19-62(20-16-38)29-40-25-47(53(54,55)56)48-32-64(52(70)65(48)30-40)45-6-4-5-39(24-45)26-49-59-58-35-61(49)3;1-2-4-3-1;2-1-3/h4-12,24-25,28,30,32-35,37-38,46H,13-23,26-27,29,31H2,1-3H3,(H,57,68);1-4H2;1H,(H,2,3). The molecule has 77 heavy (non-hydrogen) atoms. The molecule has 2 aliphatic heterocycles. The lowest BCUT2D eigenvalue weighted by molar-refractivity contribution is -0.136. The molecule has 2 saturated heterocycles. The Hall–Kier alpha value is -7.25. The minimum absolute atomic E-state index is 0.131. The number of benzene rings is 3. The van der Waals surface area contributed by atoms with Gasteiger partial charge in [0.25, 0.3) is 6.47 Å². The van der Waals surface area contributed by atoms with Crippen LogP contribution in [0.3, 0.4) is 0 Å². The van der Waals surface area contributed by atoms with Crippen molar-refractivity contribution in [2.75, 3.05) is 40.3 Å². The van der Waals surface area contributed by atoms with Crippen molar-refractivity contribution in [2.24, 2.45) is 18.9 Å². The molecule has 9 rings (SSSR count). The molecule has 3 aliphatic rings. The number of carboxylic acid groups (broad SMARTS) is 1. The summed E-state index contributed by atoms with van der Waals surface area (Å²) in [5, 5.41) is 17.5. The Kier molecular flexibility index (Phi) is 20.3. The van der Waals surface area contributed by atoms with Gasteiger partial charge < -0.3 is 24.7 Å². The molecular formula is C58H70F3N9O7. The monoisotopic (exact) mass is 1060 g/mol. The van der Waals surface area contributed by atoms with Crippen molar-refractivity contribution in [3.8, 4) is 16.8 Å². The summed E-state index contributed by atoms with van der Waals surface area (Å²) in [5.74, 6) is 1.37. The third-order valence-electron chi connectivity index (χ3n) is 15.2. The van der Waals surface area contributed by atoms with Crippen molar-refractivity contribution in [3.63, 3.8) is 0 Å². The molecule has 0 radical (unpaired) electrons. The van der Waals surface area contributed by atoms with Crippen LogP contribution in [-0.2, 0) is 58.3 Å². The van der Waals surface area contributed by atoms with E-state index in [0.717, 1.165) is 77.4 Å². The zero-order chi connectivity index (χ0) is 55.1. The van der Waals surface area contributed by atoms with Crippen LogP contribution in [-0.4, -0.2) is 121 Å². The van der Waals surface area contributed by atoms with Crippen molar-refractivity contribution in [1.29, 1.82) is 0 Å². The molecule has 2 N–H and O–H groups in total. The third kappa shape index (κ3) is 15.5. The summed E-state index contributed by atoms with van der Waals surface area (Å²) in [7, 11) is 5.21. The lowest BCUT2D eigenvalue weighted by Gasteiger charge is -2.35. The van der Waals surface area contributed by atoms with Crippen LogP contribution in [0.4, 0.5) is 13.2 Å². The van der Waals surface area contributed by atoms with E-state index in [0.29, 0.717) is 80.5 Å². The molecule has 1 aliphatic carbocycles. The van der Waals surface area contributed by atoms with Gasteiger partial charge >= 0.3 is 11.9 Å². The van der Waals surface area contributed by atoms with Gasteiger partial charge in [-0.2, -0.15) is 13.2 Å². The average Bonchev–Trinajstić information content (AvgIpc) is 3.97. The Labute approximate surface area is 446 Å². The van der Waals surface area contributed by atoms with E-state index >= 15 is 0 Å². The van der Waals surface area contributed by atoms with Crippen molar-refractivity contribution >= 4 is 36.4 Å². The Bertz CT molecular complexity index is 3000. The number of hydrogen-bond donors (Lipinski definition) is 2. The van der Waals surface area contributed by atoms with Gasteiger partial charge in [0, 0.05) is 77.5 Å². The van der Waals surface area contributed by atoms with Gasteiger partial charge in [-0.25, -0.2) is 4.79 Å². The fourth-order valence-electron chi connectivity index (χ4n) is 10.2. The Balaban J connectivity index is 0.00000115. The van der Waals surface area contributed by atoms with Gasteiger partial charge in [0.15, 0.2) is 0 Å². The number of aromatic nitrogens is 5. The maximum atomic E-state index is 14.5. The first-order valence-electron chi connectivity index (χ1n) is 26.5. The molecule has 3 fully saturated rings. The number of nitrogens with zero attached hydrogens (tertiary/aromatic N) is 8. The van der Waals surface area contributed by atoms with Gasteiger partial charge in [-0.15, -0.1) is 10.2 Å². The molecule has 1 unspecified atom stereocenters. The van der Waals surface area contributed by atoms with E-state index in [1.807, 2.05) is 42.1 Å². The lowest BCUT2D eigenvalue weighted by Crippen LogP contribution is -2.41. The van der Waals surface area contributed by atoms with E-state index < -0.39 is 23.5 Å². The van der Waals surface area contributed by atoms with E-state index in [1.165, 1.54) is 48.2 Å². The van der Waals surface area contributed by atoms with E-state index in [4.69, 9.17) is 9.90 Å². The van der Waals surface area contributed by atoms with E-state index in [2.05, 4.69) is 44.7 Å². The summed E-state index contributed by atoms with van der Waals surface area (Å²) in [6.45, 7) is 3.06. The fourth-order valence-corrected chi connectivity index (χ4v) is 10.2. The number of piperidine rings is 2. The van der Waals surface area contributed by atoms with Crippen LogP contribution in [0.2, 0.25) is 0 Å². The van der Waals surface area contributed by atoms with Crippen molar-refractivity contribution in [1.82, 2.24) is 43.7 Å². The summed E-state index contributed by atoms with van der Waals surface area (Å²) in [5.41, 5.74) is 4.55. The van der Waals surface area contributed by atoms with Gasteiger partial charge in [-0.05, 0) is 128 Å². The summed E-state index contributed by atoms with van der Waals surface area (Å²) in [4.78, 5) is 77.1. The molecule has 1 saturated carbocycles. The number of rotatable bonds is 18. The number of fused-ring (bicyclic) bond motifs is 1.